The Hall–Kier alpha value is -0.770. The lowest BCUT2D eigenvalue weighted by Gasteiger charge is -2.16. The number of hydrogen-bond acceptors (Lipinski definition) is 4. The van der Waals surface area contributed by atoms with Gasteiger partial charge in [0.2, 0.25) is 5.89 Å². The second-order valence-corrected chi connectivity index (χ2v) is 4.60. The van der Waals surface area contributed by atoms with E-state index in [1.54, 1.807) is 0 Å². The number of halogens is 1. The molecule has 1 saturated heterocycles. The van der Waals surface area contributed by atoms with E-state index in [1.807, 2.05) is 6.92 Å². The smallest absolute Gasteiger partial charge is 0.266 e. The standard InChI is InChI=1S/C10H16ClN3O/c1-8(11)9-12-10(13-15-9)14-6-4-2-3-5-7-14/h8H,2-7H2,1H3. The molecule has 1 unspecified atom stereocenters. The summed E-state index contributed by atoms with van der Waals surface area (Å²) in [6.45, 7) is 3.88. The van der Waals surface area contributed by atoms with Gasteiger partial charge in [0.1, 0.15) is 5.38 Å². The van der Waals surface area contributed by atoms with Gasteiger partial charge in [-0.25, -0.2) is 0 Å². The van der Waals surface area contributed by atoms with Crippen LogP contribution in [-0.4, -0.2) is 23.2 Å². The van der Waals surface area contributed by atoms with Crippen molar-refractivity contribution in [1.82, 2.24) is 10.1 Å². The third-order valence-corrected chi connectivity index (χ3v) is 2.85. The quantitative estimate of drug-likeness (QED) is 0.732. The Labute approximate surface area is 94.6 Å². The van der Waals surface area contributed by atoms with Gasteiger partial charge in [-0.3, -0.25) is 0 Å². The largest absolute Gasteiger partial charge is 0.338 e. The number of anilines is 1. The molecule has 15 heavy (non-hydrogen) atoms. The maximum atomic E-state index is 5.87. The normalized spacial score (nSPS) is 20.0. The first-order chi connectivity index (χ1) is 7.27. The average molecular weight is 230 g/mol. The summed E-state index contributed by atoms with van der Waals surface area (Å²) in [6.07, 6.45) is 5.01. The lowest BCUT2D eigenvalue weighted by Crippen LogP contribution is -2.24. The van der Waals surface area contributed by atoms with Crippen LogP contribution >= 0.6 is 11.6 Å². The minimum Gasteiger partial charge on any atom is -0.338 e. The van der Waals surface area contributed by atoms with Crippen LogP contribution in [-0.2, 0) is 0 Å². The first-order valence-corrected chi connectivity index (χ1v) is 5.93. The van der Waals surface area contributed by atoms with Gasteiger partial charge in [-0.1, -0.05) is 12.8 Å². The SMILES string of the molecule is CC(Cl)c1nc(N2CCCCCC2)no1. The van der Waals surface area contributed by atoms with Gasteiger partial charge < -0.3 is 9.42 Å². The van der Waals surface area contributed by atoms with Crippen LogP contribution in [0.5, 0.6) is 0 Å². The lowest BCUT2D eigenvalue weighted by molar-refractivity contribution is 0.378. The minimum atomic E-state index is -0.210. The molecule has 1 aromatic rings. The van der Waals surface area contributed by atoms with E-state index in [0.717, 1.165) is 13.1 Å². The highest BCUT2D eigenvalue weighted by Crippen LogP contribution is 2.21. The number of alkyl halides is 1. The van der Waals surface area contributed by atoms with Crippen LogP contribution in [0.3, 0.4) is 0 Å². The van der Waals surface area contributed by atoms with Crippen LogP contribution in [0.1, 0.15) is 43.9 Å². The molecule has 1 fully saturated rings. The maximum Gasteiger partial charge on any atom is 0.266 e. The molecule has 0 bridgehead atoms. The van der Waals surface area contributed by atoms with Gasteiger partial charge in [-0.05, 0) is 24.9 Å². The van der Waals surface area contributed by atoms with E-state index < -0.39 is 0 Å². The molecule has 4 nitrogen and oxygen atoms in total. The molecule has 1 atom stereocenters. The van der Waals surface area contributed by atoms with Crippen LogP contribution in [0.4, 0.5) is 5.95 Å². The van der Waals surface area contributed by atoms with Crippen molar-refractivity contribution in [2.24, 2.45) is 0 Å². The Morgan fingerprint density at radius 1 is 1.27 bits per heavy atom. The lowest BCUT2D eigenvalue weighted by atomic mass is 10.2. The van der Waals surface area contributed by atoms with Crippen LogP contribution in [0.2, 0.25) is 0 Å². The van der Waals surface area contributed by atoms with E-state index in [0.29, 0.717) is 11.8 Å². The number of nitrogens with zero attached hydrogens (tertiary/aromatic N) is 3. The fourth-order valence-corrected chi connectivity index (χ4v) is 1.88. The monoisotopic (exact) mass is 229 g/mol. The van der Waals surface area contributed by atoms with E-state index in [-0.39, 0.29) is 5.38 Å². The molecule has 0 amide bonds. The highest BCUT2D eigenvalue weighted by Gasteiger charge is 2.17. The van der Waals surface area contributed by atoms with Crippen molar-refractivity contribution >= 4 is 17.5 Å². The maximum absolute atomic E-state index is 5.87. The Balaban J connectivity index is 2.06. The van der Waals surface area contributed by atoms with E-state index in [4.69, 9.17) is 16.1 Å². The summed E-state index contributed by atoms with van der Waals surface area (Å²) >= 11 is 5.87. The van der Waals surface area contributed by atoms with E-state index in [9.17, 15) is 0 Å². The van der Waals surface area contributed by atoms with Crippen molar-refractivity contribution in [2.75, 3.05) is 18.0 Å². The number of rotatable bonds is 2. The summed E-state index contributed by atoms with van der Waals surface area (Å²) in [6, 6.07) is 0. The molecule has 0 spiro atoms. The van der Waals surface area contributed by atoms with Gasteiger partial charge in [-0.15, -0.1) is 11.6 Å². The highest BCUT2D eigenvalue weighted by molar-refractivity contribution is 6.20. The molecule has 0 radical (unpaired) electrons. The number of hydrogen-bond donors (Lipinski definition) is 0. The molecule has 0 aliphatic carbocycles. The summed E-state index contributed by atoms with van der Waals surface area (Å²) in [7, 11) is 0. The van der Waals surface area contributed by atoms with Crippen LogP contribution in [0.25, 0.3) is 0 Å². The Bertz CT molecular complexity index is 305. The van der Waals surface area contributed by atoms with Gasteiger partial charge in [-0.2, -0.15) is 4.98 Å². The minimum absolute atomic E-state index is 0.210. The predicted octanol–water partition coefficient (Wildman–Crippen LogP) is 2.75. The zero-order chi connectivity index (χ0) is 10.7. The average Bonchev–Trinajstić information content (AvgIpc) is 2.55. The topological polar surface area (TPSA) is 42.2 Å². The van der Waals surface area contributed by atoms with Crippen molar-refractivity contribution in [3.8, 4) is 0 Å². The van der Waals surface area contributed by atoms with E-state index in [2.05, 4.69) is 15.0 Å². The molecule has 0 saturated carbocycles. The molecule has 1 aromatic heterocycles. The van der Waals surface area contributed by atoms with Gasteiger partial charge in [0.25, 0.3) is 5.95 Å². The van der Waals surface area contributed by atoms with Crippen LogP contribution in [0.15, 0.2) is 4.52 Å². The van der Waals surface area contributed by atoms with Crippen LogP contribution < -0.4 is 4.90 Å². The summed E-state index contributed by atoms with van der Waals surface area (Å²) < 4.78 is 5.09. The second kappa shape index (κ2) is 4.84. The van der Waals surface area contributed by atoms with Crippen molar-refractivity contribution in [1.29, 1.82) is 0 Å². The first kappa shape index (κ1) is 10.7. The van der Waals surface area contributed by atoms with Crippen molar-refractivity contribution in [3.63, 3.8) is 0 Å². The molecule has 0 N–H and O–H groups in total. The molecule has 2 heterocycles. The Kier molecular flexibility index (Phi) is 3.46. The Morgan fingerprint density at radius 3 is 2.47 bits per heavy atom. The second-order valence-electron chi connectivity index (χ2n) is 3.95. The molecular weight excluding hydrogens is 214 g/mol. The fourth-order valence-electron chi connectivity index (χ4n) is 1.79. The highest BCUT2D eigenvalue weighted by atomic mass is 35.5. The van der Waals surface area contributed by atoms with Crippen molar-refractivity contribution in [3.05, 3.63) is 5.89 Å². The summed E-state index contributed by atoms with van der Waals surface area (Å²) in [4.78, 5) is 6.47. The molecule has 0 aromatic carbocycles. The molecule has 1 aliphatic rings. The van der Waals surface area contributed by atoms with Crippen molar-refractivity contribution in [2.45, 2.75) is 38.0 Å². The molecule has 84 valence electrons. The summed E-state index contributed by atoms with van der Waals surface area (Å²) in [5.74, 6) is 1.20. The van der Waals surface area contributed by atoms with Gasteiger partial charge in [0.05, 0.1) is 0 Å². The zero-order valence-corrected chi connectivity index (χ0v) is 9.70. The Morgan fingerprint density at radius 2 is 1.93 bits per heavy atom. The van der Waals surface area contributed by atoms with E-state index in [1.165, 1.54) is 25.7 Å². The summed E-state index contributed by atoms with van der Waals surface area (Å²) in [5.41, 5.74) is 0. The number of aromatic nitrogens is 2. The molecule has 1 aliphatic heterocycles. The molecular formula is C10H16ClN3O. The third-order valence-electron chi connectivity index (χ3n) is 2.66. The predicted molar refractivity (Wildman–Crippen MR) is 59.2 cm³/mol. The van der Waals surface area contributed by atoms with Crippen molar-refractivity contribution < 1.29 is 4.52 Å². The first-order valence-electron chi connectivity index (χ1n) is 5.50. The van der Waals surface area contributed by atoms with Gasteiger partial charge in [0.15, 0.2) is 0 Å². The van der Waals surface area contributed by atoms with Gasteiger partial charge >= 0.3 is 0 Å². The molecule has 5 heteroatoms. The fraction of sp³-hybridized carbons (Fsp3) is 0.800. The third kappa shape index (κ3) is 2.62. The zero-order valence-electron chi connectivity index (χ0n) is 8.95. The van der Waals surface area contributed by atoms with Gasteiger partial charge in [0, 0.05) is 13.1 Å². The van der Waals surface area contributed by atoms with Crippen LogP contribution in [0, 0.1) is 0 Å². The summed E-state index contributed by atoms with van der Waals surface area (Å²) in [5, 5.41) is 3.75. The van der Waals surface area contributed by atoms with E-state index >= 15 is 0 Å². The molecule has 2 rings (SSSR count).